The van der Waals surface area contributed by atoms with Gasteiger partial charge in [-0.25, -0.2) is 4.79 Å². The molecule has 0 aliphatic carbocycles. The van der Waals surface area contributed by atoms with Gasteiger partial charge in [-0.3, -0.25) is 4.84 Å². The molecule has 23 heavy (non-hydrogen) atoms. The van der Waals surface area contributed by atoms with Crippen LogP contribution in [0.25, 0.3) is 0 Å². The van der Waals surface area contributed by atoms with Crippen LogP contribution in [-0.2, 0) is 11.4 Å². The summed E-state index contributed by atoms with van der Waals surface area (Å²) >= 11 is 0. The zero-order chi connectivity index (χ0) is 15.8. The first-order valence-electron chi connectivity index (χ1n) is 7.79. The minimum atomic E-state index is -0.148. The van der Waals surface area contributed by atoms with Crippen molar-refractivity contribution in [1.82, 2.24) is 20.2 Å². The highest BCUT2D eigenvalue weighted by molar-refractivity contribution is 5.77. The second kappa shape index (κ2) is 5.66. The molecule has 2 bridgehead atoms. The van der Waals surface area contributed by atoms with Gasteiger partial charge < -0.3 is 9.32 Å². The van der Waals surface area contributed by atoms with E-state index in [4.69, 9.17) is 9.25 Å². The van der Waals surface area contributed by atoms with Crippen LogP contribution >= 0.6 is 0 Å². The average Bonchev–Trinajstić information content (AvgIpc) is 3.11. The lowest BCUT2D eigenvalue weighted by atomic mass is 10.0. The van der Waals surface area contributed by atoms with Crippen molar-refractivity contribution >= 4 is 6.03 Å². The normalized spacial score (nSPS) is 23.6. The van der Waals surface area contributed by atoms with Gasteiger partial charge in [-0.05, 0) is 18.4 Å². The summed E-state index contributed by atoms with van der Waals surface area (Å²) in [6, 6.07) is 9.66. The Kier molecular flexibility index (Phi) is 3.49. The SMILES string of the molecule is Cc1nnc([C@@H]2CC[C@@H]3CN2C(=O)N3OCc2ccccc2)o1. The number of carbonyl (C=O) groups excluding carboxylic acids is 1. The molecule has 0 N–H and O–H groups in total. The molecule has 0 unspecified atom stereocenters. The third-order valence-corrected chi connectivity index (χ3v) is 4.36. The van der Waals surface area contributed by atoms with E-state index in [0.717, 1.165) is 18.4 Å². The summed E-state index contributed by atoms with van der Waals surface area (Å²) in [7, 11) is 0. The number of rotatable bonds is 4. The average molecular weight is 314 g/mol. The van der Waals surface area contributed by atoms with E-state index in [1.54, 1.807) is 11.8 Å². The minimum absolute atomic E-state index is 0.0893. The highest BCUT2D eigenvalue weighted by Gasteiger charge is 2.47. The third-order valence-electron chi connectivity index (χ3n) is 4.36. The zero-order valence-corrected chi connectivity index (χ0v) is 12.9. The summed E-state index contributed by atoms with van der Waals surface area (Å²) in [6.45, 7) is 2.78. The fourth-order valence-corrected chi connectivity index (χ4v) is 3.22. The minimum Gasteiger partial charge on any atom is -0.423 e. The number of carbonyl (C=O) groups is 1. The van der Waals surface area contributed by atoms with Crippen LogP contribution in [0.1, 0.15) is 36.2 Å². The van der Waals surface area contributed by atoms with Gasteiger partial charge in [-0.15, -0.1) is 10.2 Å². The topological polar surface area (TPSA) is 71.7 Å². The van der Waals surface area contributed by atoms with E-state index in [1.807, 2.05) is 30.3 Å². The number of benzene rings is 1. The van der Waals surface area contributed by atoms with Gasteiger partial charge in [0.05, 0.1) is 6.04 Å². The van der Waals surface area contributed by atoms with Crippen LogP contribution in [0.5, 0.6) is 0 Å². The van der Waals surface area contributed by atoms with Crippen LogP contribution in [0.4, 0.5) is 4.79 Å². The van der Waals surface area contributed by atoms with E-state index in [9.17, 15) is 4.79 Å². The van der Waals surface area contributed by atoms with Crippen molar-refractivity contribution in [2.75, 3.05) is 6.54 Å². The summed E-state index contributed by atoms with van der Waals surface area (Å²) in [5, 5.41) is 9.44. The van der Waals surface area contributed by atoms with Crippen molar-refractivity contribution in [3.63, 3.8) is 0 Å². The Hall–Kier alpha value is -2.41. The molecule has 7 nitrogen and oxygen atoms in total. The van der Waals surface area contributed by atoms with E-state index in [2.05, 4.69) is 10.2 Å². The molecule has 1 aromatic heterocycles. The van der Waals surface area contributed by atoms with Gasteiger partial charge in [0.2, 0.25) is 11.8 Å². The number of aryl methyl sites for hydroxylation is 1. The van der Waals surface area contributed by atoms with Crippen LogP contribution < -0.4 is 0 Å². The summed E-state index contributed by atoms with van der Waals surface area (Å²) in [6.07, 6.45) is 1.67. The monoisotopic (exact) mass is 314 g/mol. The van der Waals surface area contributed by atoms with E-state index in [0.29, 0.717) is 24.9 Å². The van der Waals surface area contributed by atoms with Gasteiger partial charge in [0.25, 0.3) is 0 Å². The Morgan fingerprint density at radius 2 is 2.09 bits per heavy atom. The van der Waals surface area contributed by atoms with Crippen LogP contribution in [0.2, 0.25) is 0 Å². The van der Waals surface area contributed by atoms with E-state index in [1.165, 1.54) is 5.06 Å². The molecule has 0 radical (unpaired) electrons. The van der Waals surface area contributed by atoms with Crippen molar-refractivity contribution in [2.24, 2.45) is 0 Å². The number of hydrogen-bond donors (Lipinski definition) is 0. The first-order valence-corrected chi connectivity index (χ1v) is 7.79. The number of fused-ring (bicyclic) bond motifs is 2. The van der Waals surface area contributed by atoms with E-state index < -0.39 is 0 Å². The van der Waals surface area contributed by atoms with Crippen LogP contribution in [0, 0.1) is 6.92 Å². The summed E-state index contributed by atoms with van der Waals surface area (Å²) in [5.41, 5.74) is 1.04. The molecule has 2 saturated heterocycles. The van der Waals surface area contributed by atoms with Crippen LogP contribution in [-0.4, -0.2) is 38.8 Å². The van der Waals surface area contributed by atoms with Gasteiger partial charge >= 0.3 is 6.03 Å². The molecule has 2 atom stereocenters. The molecule has 7 heteroatoms. The molecule has 120 valence electrons. The number of amides is 2. The van der Waals surface area contributed by atoms with E-state index >= 15 is 0 Å². The van der Waals surface area contributed by atoms with Crippen molar-refractivity contribution in [2.45, 2.75) is 38.5 Å². The van der Waals surface area contributed by atoms with Crippen LogP contribution in [0.15, 0.2) is 34.7 Å². The van der Waals surface area contributed by atoms with Crippen molar-refractivity contribution in [1.29, 1.82) is 0 Å². The Bertz CT molecular complexity index is 702. The van der Waals surface area contributed by atoms with Gasteiger partial charge in [0, 0.05) is 13.5 Å². The predicted octanol–water partition coefficient (Wildman–Crippen LogP) is 2.45. The van der Waals surface area contributed by atoms with Gasteiger partial charge in [-0.2, -0.15) is 5.06 Å². The molecule has 1 aromatic carbocycles. The largest absolute Gasteiger partial charge is 0.423 e. The molecule has 0 saturated carbocycles. The van der Waals surface area contributed by atoms with Crippen LogP contribution in [0.3, 0.4) is 0 Å². The highest BCUT2D eigenvalue weighted by atomic mass is 16.7. The lowest BCUT2D eigenvalue weighted by molar-refractivity contribution is -0.140. The molecular formula is C16H18N4O3. The molecule has 2 fully saturated rings. The second-order valence-corrected chi connectivity index (χ2v) is 5.93. The Morgan fingerprint density at radius 1 is 1.26 bits per heavy atom. The lowest BCUT2D eigenvalue weighted by Crippen LogP contribution is -2.34. The van der Waals surface area contributed by atoms with Gasteiger partial charge in [0.15, 0.2) is 0 Å². The maximum absolute atomic E-state index is 12.6. The van der Waals surface area contributed by atoms with Crippen molar-refractivity contribution < 1.29 is 14.0 Å². The number of urea groups is 1. The zero-order valence-electron chi connectivity index (χ0n) is 12.9. The lowest BCUT2D eigenvalue weighted by Gasteiger charge is -2.27. The summed E-state index contributed by atoms with van der Waals surface area (Å²) < 4.78 is 5.51. The Morgan fingerprint density at radius 3 is 2.83 bits per heavy atom. The summed E-state index contributed by atoms with van der Waals surface area (Å²) in [5.74, 6) is 1.03. The maximum atomic E-state index is 12.6. The number of nitrogens with zero attached hydrogens (tertiary/aromatic N) is 4. The molecule has 0 spiro atoms. The highest BCUT2D eigenvalue weighted by Crippen LogP contribution is 2.38. The molecular weight excluding hydrogens is 296 g/mol. The molecule has 2 amide bonds. The molecule has 4 rings (SSSR count). The molecule has 2 aliphatic rings. The second-order valence-electron chi connectivity index (χ2n) is 5.93. The van der Waals surface area contributed by atoms with Gasteiger partial charge in [-0.1, -0.05) is 30.3 Å². The van der Waals surface area contributed by atoms with Gasteiger partial charge in [0.1, 0.15) is 12.6 Å². The quantitative estimate of drug-likeness (QED) is 0.867. The van der Waals surface area contributed by atoms with Crippen molar-refractivity contribution in [3.05, 3.63) is 47.7 Å². The molecule has 2 aromatic rings. The number of hydroxylamine groups is 2. The fourth-order valence-electron chi connectivity index (χ4n) is 3.22. The predicted molar refractivity (Wildman–Crippen MR) is 80.0 cm³/mol. The smallest absolute Gasteiger partial charge is 0.345 e. The third kappa shape index (κ3) is 2.57. The van der Waals surface area contributed by atoms with Crippen molar-refractivity contribution in [3.8, 4) is 0 Å². The number of piperidine rings is 1. The maximum Gasteiger partial charge on any atom is 0.345 e. The Labute approximate surface area is 133 Å². The standard InChI is InChI=1S/C16H18N4O3/c1-11-17-18-15(23-11)14-8-7-13-9-19(14)16(21)20(13)22-10-12-5-3-2-4-6-12/h2-6,13-14H,7-10H2,1H3/t13-,14+/m1/s1. The Balaban J connectivity index is 1.47. The number of aromatic nitrogens is 2. The number of hydrogen-bond acceptors (Lipinski definition) is 5. The summed E-state index contributed by atoms with van der Waals surface area (Å²) in [4.78, 5) is 20.2. The van der Waals surface area contributed by atoms with E-state index in [-0.39, 0.29) is 18.1 Å². The fraction of sp³-hybridized carbons (Fsp3) is 0.438. The first kappa shape index (κ1) is 14.2. The molecule has 2 aliphatic heterocycles. The first-order chi connectivity index (χ1) is 11.2. The molecule has 3 heterocycles.